The fraction of sp³-hybridized carbons (Fsp3) is 0.417. The van der Waals surface area contributed by atoms with Crippen molar-refractivity contribution in [3.8, 4) is 5.75 Å². The normalized spacial score (nSPS) is 10.1. The number of carbonyl (C=O) groups is 1. The van der Waals surface area contributed by atoms with Crippen molar-refractivity contribution in [2.24, 2.45) is 0 Å². The van der Waals surface area contributed by atoms with E-state index in [-0.39, 0.29) is 18.5 Å². The van der Waals surface area contributed by atoms with Crippen LogP contribution in [0.5, 0.6) is 5.75 Å². The van der Waals surface area contributed by atoms with E-state index in [4.69, 9.17) is 9.47 Å². The first kappa shape index (κ1) is 14.3. The van der Waals surface area contributed by atoms with Gasteiger partial charge in [0.05, 0.1) is 13.2 Å². The van der Waals surface area contributed by atoms with Gasteiger partial charge in [-0.2, -0.15) is 0 Å². The van der Waals surface area contributed by atoms with E-state index >= 15 is 0 Å². The fourth-order valence-corrected chi connectivity index (χ4v) is 1.29. The Morgan fingerprint density at radius 3 is 2.83 bits per heavy atom. The Morgan fingerprint density at radius 1 is 1.39 bits per heavy atom. The molecular weight excluding hydrogens is 236 g/mol. The molecule has 0 radical (unpaired) electrons. The van der Waals surface area contributed by atoms with Crippen molar-refractivity contribution in [1.82, 2.24) is 5.32 Å². The summed E-state index contributed by atoms with van der Waals surface area (Å²) in [5.74, 6) is 0.168. The lowest BCUT2D eigenvalue weighted by atomic mass is 10.2. The minimum Gasteiger partial charge on any atom is -0.508 e. The summed E-state index contributed by atoms with van der Waals surface area (Å²) >= 11 is 0. The van der Waals surface area contributed by atoms with Gasteiger partial charge in [-0.25, -0.2) is 4.79 Å². The monoisotopic (exact) mass is 254 g/mol. The molecule has 1 aromatic carbocycles. The lowest BCUT2D eigenvalue weighted by Crippen LogP contribution is -2.31. The molecule has 0 aliphatic rings. The standard InChI is InChI=1S/C12H18N2O4/c1-9-7-10(15)3-4-11(9)14-12(16)13-8-18-6-5-17-2/h3-4,7,15H,5-6,8H2,1-2H3,(H2,13,14,16). The van der Waals surface area contributed by atoms with Gasteiger partial charge in [-0.05, 0) is 30.7 Å². The molecule has 100 valence electrons. The molecule has 18 heavy (non-hydrogen) atoms. The van der Waals surface area contributed by atoms with Crippen molar-refractivity contribution < 1.29 is 19.4 Å². The van der Waals surface area contributed by atoms with Crippen LogP contribution in [0, 0.1) is 6.92 Å². The second kappa shape index (κ2) is 7.52. The minimum absolute atomic E-state index is 0.117. The van der Waals surface area contributed by atoms with E-state index in [0.717, 1.165) is 5.56 Å². The maximum absolute atomic E-state index is 11.5. The number of aryl methyl sites for hydroxylation is 1. The number of urea groups is 1. The Labute approximate surface area is 106 Å². The van der Waals surface area contributed by atoms with Crippen molar-refractivity contribution in [2.45, 2.75) is 6.92 Å². The van der Waals surface area contributed by atoms with Crippen LogP contribution in [0.1, 0.15) is 5.56 Å². The maximum Gasteiger partial charge on any atom is 0.321 e. The molecule has 0 heterocycles. The van der Waals surface area contributed by atoms with Crippen LogP contribution >= 0.6 is 0 Å². The first-order valence-electron chi connectivity index (χ1n) is 5.54. The van der Waals surface area contributed by atoms with Gasteiger partial charge in [-0.3, -0.25) is 0 Å². The first-order valence-corrected chi connectivity index (χ1v) is 5.54. The van der Waals surface area contributed by atoms with Gasteiger partial charge in [0.1, 0.15) is 12.5 Å². The Bertz CT molecular complexity index is 396. The molecule has 0 fully saturated rings. The fourth-order valence-electron chi connectivity index (χ4n) is 1.29. The number of nitrogens with one attached hydrogen (secondary N) is 2. The van der Waals surface area contributed by atoms with E-state index in [1.54, 1.807) is 26.2 Å². The van der Waals surface area contributed by atoms with Crippen LogP contribution in [0.25, 0.3) is 0 Å². The number of amides is 2. The van der Waals surface area contributed by atoms with Gasteiger partial charge >= 0.3 is 6.03 Å². The van der Waals surface area contributed by atoms with Crippen molar-refractivity contribution in [3.63, 3.8) is 0 Å². The molecule has 0 atom stereocenters. The Kier molecular flexibility index (Phi) is 5.96. The number of rotatable bonds is 6. The summed E-state index contributed by atoms with van der Waals surface area (Å²) in [6.45, 7) is 2.83. The molecule has 2 amide bonds. The third kappa shape index (κ3) is 5.03. The predicted molar refractivity (Wildman–Crippen MR) is 67.7 cm³/mol. The number of phenolic OH excluding ortho intramolecular Hbond substituents is 1. The molecule has 3 N–H and O–H groups in total. The highest BCUT2D eigenvalue weighted by Crippen LogP contribution is 2.19. The topological polar surface area (TPSA) is 79.8 Å². The number of hydrogen-bond donors (Lipinski definition) is 3. The van der Waals surface area contributed by atoms with E-state index in [1.807, 2.05) is 0 Å². The SMILES string of the molecule is COCCOCNC(=O)Nc1ccc(O)cc1C. The summed E-state index contributed by atoms with van der Waals surface area (Å²) in [4.78, 5) is 11.5. The third-order valence-corrected chi connectivity index (χ3v) is 2.22. The van der Waals surface area contributed by atoms with E-state index in [0.29, 0.717) is 18.9 Å². The van der Waals surface area contributed by atoms with Crippen molar-refractivity contribution in [3.05, 3.63) is 23.8 Å². The molecule has 6 heteroatoms. The van der Waals surface area contributed by atoms with Gasteiger partial charge < -0.3 is 25.2 Å². The molecule has 0 saturated heterocycles. The van der Waals surface area contributed by atoms with Crippen LogP contribution in [0.15, 0.2) is 18.2 Å². The predicted octanol–water partition coefficient (Wildman–Crippen LogP) is 1.44. The highest BCUT2D eigenvalue weighted by atomic mass is 16.5. The Hall–Kier alpha value is -1.79. The first-order chi connectivity index (χ1) is 8.63. The van der Waals surface area contributed by atoms with E-state index < -0.39 is 0 Å². The molecule has 0 aromatic heterocycles. The summed E-state index contributed by atoms with van der Waals surface area (Å²) in [7, 11) is 1.58. The van der Waals surface area contributed by atoms with Crippen LogP contribution in [-0.4, -0.2) is 38.2 Å². The van der Waals surface area contributed by atoms with Crippen molar-refractivity contribution in [2.75, 3.05) is 32.4 Å². The molecule has 0 bridgehead atoms. The lowest BCUT2D eigenvalue weighted by Gasteiger charge is -2.10. The molecule has 0 spiro atoms. The Morgan fingerprint density at radius 2 is 2.17 bits per heavy atom. The van der Waals surface area contributed by atoms with Gasteiger partial charge in [0, 0.05) is 12.8 Å². The molecule has 6 nitrogen and oxygen atoms in total. The highest BCUT2D eigenvalue weighted by molar-refractivity contribution is 5.90. The number of hydrogen-bond acceptors (Lipinski definition) is 4. The van der Waals surface area contributed by atoms with Crippen LogP contribution in [-0.2, 0) is 9.47 Å². The number of ether oxygens (including phenoxy) is 2. The van der Waals surface area contributed by atoms with Gasteiger partial charge in [0.25, 0.3) is 0 Å². The molecule has 1 aromatic rings. The quantitative estimate of drug-likeness (QED) is 0.408. The summed E-state index contributed by atoms with van der Waals surface area (Å²) in [5.41, 5.74) is 1.42. The number of carbonyl (C=O) groups excluding carboxylic acids is 1. The molecule has 0 unspecified atom stereocenters. The lowest BCUT2D eigenvalue weighted by molar-refractivity contribution is 0.0650. The van der Waals surface area contributed by atoms with Crippen LogP contribution < -0.4 is 10.6 Å². The van der Waals surface area contributed by atoms with E-state index in [1.165, 1.54) is 6.07 Å². The summed E-state index contributed by atoms with van der Waals surface area (Å²) < 4.78 is 9.89. The molecule has 0 aliphatic carbocycles. The van der Waals surface area contributed by atoms with Crippen molar-refractivity contribution >= 4 is 11.7 Å². The average Bonchev–Trinajstić information content (AvgIpc) is 2.32. The zero-order valence-corrected chi connectivity index (χ0v) is 10.5. The minimum atomic E-state index is -0.360. The van der Waals surface area contributed by atoms with Gasteiger partial charge in [-0.15, -0.1) is 0 Å². The number of methoxy groups -OCH3 is 1. The second-order valence-electron chi connectivity index (χ2n) is 3.68. The summed E-state index contributed by atoms with van der Waals surface area (Å²) in [6, 6.07) is 4.36. The van der Waals surface area contributed by atoms with Crippen LogP contribution in [0.4, 0.5) is 10.5 Å². The average molecular weight is 254 g/mol. The second-order valence-corrected chi connectivity index (χ2v) is 3.68. The summed E-state index contributed by atoms with van der Waals surface area (Å²) in [6.07, 6.45) is 0. The van der Waals surface area contributed by atoms with Gasteiger partial charge in [0.15, 0.2) is 0 Å². The van der Waals surface area contributed by atoms with Gasteiger partial charge in [0.2, 0.25) is 0 Å². The smallest absolute Gasteiger partial charge is 0.321 e. The van der Waals surface area contributed by atoms with Crippen LogP contribution in [0.3, 0.4) is 0 Å². The summed E-state index contributed by atoms with van der Waals surface area (Å²) in [5, 5.41) is 14.4. The van der Waals surface area contributed by atoms with Crippen LogP contribution in [0.2, 0.25) is 0 Å². The number of aromatic hydroxyl groups is 1. The third-order valence-electron chi connectivity index (χ3n) is 2.22. The van der Waals surface area contributed by atoms with Crippen molar-refractivity contribution in [1.29, 1.82) is 0 Å². The van der Waals surface area contributed by atoms with E-state index in [2.05, 4.69) is 10.6 Å². The number of anilines is 1. The maximum atomic E-state index is 11.5. The van der Waals surface area contributed by atoms with Gasteiger partial charge in [-0.1, -0.05) is 0 Å². The van der Waals surface area contributed by atoms with E-state index in [9.17, 15) is 9.90 Å². The molecule has 0 aliphatic heterocycles. The largest absolute Gasteiger partial charge is 0.508 e. The zero-order chi connectivity index (χ0) is 13.4. The molecule has 0 saturated carbocycles. The number of benzene rings is 1. The highest BCUT2D eigenvalue weighted by Gasteiger charge is 2.04. The molecule has 1 rings (SSSR count). The zero-order valence-electron chi connectivity index (χ0n) is 10.5. The Balaban J connectivity index is 2.31. The number of phenols is 1. The molecular formula is C12H18N2O4.